The van der Waals surface area contributed by atoms with E-state index in [0.29, 0.717) is 6.04 Å². The summed E-state index contributed by atoms with van der Waals surface area (Å²) in [5.41, 5.74) is 0. The fraction of sp³-hybridized carbons (Fsp3) is 0.571. The number of hydrogen-bond donors (Lipinski definition) is 2. The Bertz CT molecular complexity index is 132. The lowest BCUT2D eigenvalue weighted by Gasteiger charge is -2.03. The van der Waals surface area contributed by atoms with E-state index in [2.05, 4.69) is 5.32 Å². The smallest absolute Gasteiger partial charge is 0.327 e. The summed E-state index contributed by atoms with van der Waals surface area (Å²) in [7, 11) is 1.85. The van der Waals surface area contributed by atoms with Gasteiger partial charge >= 0.3 is 5.97 Å². The third kappa shape index (κ3) is 5.31. The van der Waals surface area contributed by atoms with Gasteiger partial charge in [0.1, 0.15) is 0 Å². The van der Waals surface area contributed by atoms with Crippen LogP contribution in [-0.2, 0) is 4.79 Å². The van der Waals surface area contributed by atoms with Gasteiger partial charge in [-0.25, -0.2) is 4.79 Å². The summed E-state index contributed by atoms with van der Waals surface area (Å²) in [5, 5.41) is 11.2. The van der Waals surface area contributed by atoms with E-state index >= 15 is 0 Å². The maximum absolute atomic E-state index is 9.96. The molecule has 1 unspecified atom stereocenters. The van der Waals surface area contributed by atoms with Crippen molar-refractivity contribution in [3.8, 4) is 0 Å². The van der Waals surface area contributed by atoms with E-state index in [1.54, 1.807) is 6.08 Å². The van der Waals surface area contributed by atoms with Crippen LogP contribution in [0.25, 0.3) is 0 Å². The van der Waals surface area contributed by atoms with Gasteiger partial charge in [0.15, 0.2) is 0 Å². The van der Waals surface area contributed by atoms with E-state index in [9.17, 15) is 4.79 Å². The topological polar surface area (TPSA) is 49.3 Å². The van der Waals surface area contributed by atoms with Crippen LogP contribution in [0, 0.1) is 0 Å². The summed E-state index contributed by atoms with van der Waals surface area (Å²) in [4.78, 5) is 9.96. The highest BCUT2D eigenvalue weighted by atomic mass is 16.4. The maximum Gasteiger partial charge on any atom is 0.327 e. The molecule has 58 valence electrons. The van der Waals surface area contributed by atoms with Crippen LogP contribution in [-0.4, -0.2) is 24.2 Å². The molecule has 0 aliphatic rings. The molecule has 0 bridgehead atoms. The van der Waals surface area contributed by atoms with Crippen LogP contribution >= 0.6 is 0 Å². The lowest BCUT2D eigenvalue weighted by Crippen LogP contribution is -2.19. The van der Waals surface area contributed by atoms with Crippen LogP contribution in [0.3, 0.4) is 0 Å². The zero-order valence-corrected chi connectivity index (χ0v) is 6.29. The van der Waals surface area contributed by atoms with Gasteiger partial charge in [0.25, 0.3) is 0 Å². The van der Waals surface area contributed by atoms with Gasteiger partial charge in [0, 0.05) is 12.1 Å². The highest BCUT2D eigenvalue weighted by molar-refractivity contribution is 5.79. The minimum atomic E-state index is -0.886. The number of carbonyl (C=O) groups is 1. The summed E-state index contributed by atoms with van der Waals surface area (Å²) in [5.74, 6) is -0.886. The van der Waals surface area contributed by atoms with Crippen molar-refractivity contribution in [2.45, 2.75) is 19.4 Å². The highest BCUT2D eigenvalue weighted by Crippen LogP contribution is 1.89. The molecule has 0 aliphatic carbocycles. The predicted octanol–water partition coefficient (Wildman–Crippen LogP) is 0.625. The lowest BCUT2D eigenvalue weighted by molar-refractivity contribution is -0.131. The molecule has 0 aromatic rings. The Morgan fingerprint density at radius 2 is 2.40 bits per heavy atom. The molecular weight excluding hydrogens is 130 g/mol. The van der Waals surface area contributed by atoms with Gasteiger partial charge in [-0.15, -0.1) is 0 Å². The Hall–Kier alpha value is -0.830. The second-order valence-corrected chi connectivity index (χ2v) is 2.17. The Morgan fingerprint density at radius 3 is 2.80 bits per heavy atom. The van der Waals surface area contributed by atoms with Crippen LogP contribution in [0.4, 0.5) is 0 Å². The summed E-state index contributed by atoms with van der Waals surface area (Å²) < 4.78 is 0. The molecule has 3 nitrogen and oxygen atoms in total. The van der Waals surface area contributed by atoms with Gasteiger partial charge in [0.05, 0.1) is 0 Å². The first-order valence-corrected chi connectivity index (χ1v) is 3.23. The van der Waals surface area contributed by atoms with Crippen molar-refractivity contribution < 1.29 is 9.90 Å². The molecule has 0 saturated carbocycles. The first-order chi connectivity index (χ1) is 4.66. The van der Waals surface area contributed by atoms with E-state index in [0.717, 1.165) is 12.5 Å². The summed E-state index contributed by atoms with van der Waals surface area (Å²) in [6.07, 6.45) is 3.56. The largest absolute Gasteiger partial charge is 0.478 e. The number of carboxylic acid groups (broad SMARTS) is 1. The normalized spacial score (nSPS) is 13.8. The average Bonchev–Trinajstić information content (AvgIpc) is 1.87. The molecule has 0 heterocycles. The third-order valence-corrected chi connectivity index (χ3v) is 1.24. The van der Waals surface area contributed by atoms with E-state index in [1.165, 1.54) is 0 Å². The minimum Gasteiger partial charge on any atom is -0.478 e. The Morgan fingerprint density at radius 1 is 1.80 bits per heavy atom. The molecule has 0 aliphatic heterocycles. The summed E-state index contributed by atoms with van der Waals surface area (Å²) in [6.45, 7) is 1.99. The second kappa shape index (κ2) is 4.99. The van der Waals surface area contributed by atoms with Crippen molar-refractivity contribution in [1.82, 2.24) is 5.32 Å². The van der Waals surface area contributed by atoms with Crippen molar-refractivity contribution >= 4 is 5.97 Å². The van der Waals surface area contributed by atoms with Gasteiger partial charge in [-0.3, -0.25) is 0 Å². The first kappa shape index (κ1) is 9.17. The molecule has 0 saturated heterocycles. The zero-order chi connectivity index (χ0) is 7.98. The SMILES string of the molecule is CNC(C)C/C=C/C(=O)O. The first-order valence-electron chi connectivity index (χ1n) is 3.23. The van der Waals surface area contributed by atoms with E-state index < -0.39 is 5.97 Å². The molecule has 2 N–H and O–H groups in total. The van der Waals surface area contributed by atoms with Gasteiger partial charge in [-0.1, -0.05) is 6.08 Å². The lowest BCUT2D eigenvalue weighted by atomic mass is 10.2. The maximum atomic E-state index is 9.96. The Kier molecular flexibility index (Phi) is 4.58. The molecule has 3 heteroatoms. The quantitative estimate of drug-likeness (QED) is 0.567. The van der Waals surface area contributed by atoms with Crippen LogP contribution < -0.4 is 5.32 Å². The summed E-state index contributed by atoms with van der Waals surface area (Å²) >= 11 is 0. The molecule has 0 amide bonds. The van der Waals surface area contributed by atoms with Crippen LogP contribution in [0.1, 0.15) is 13.3 Å². The molecule has 0 aromatic heterocycles. The predicted molar refractivity (Wildman–Crippen MR) is 39.9 cm³/mol. The fourth-order valence-corrected chi connectivity index (χ4v) is 0.491. The van der Waals surface area contributed by atoms with Crippen LogP contribution in [0.15, 0.2) is 12.2 Å². The highest BCUT2D eigenvalue weighted by Gasteiger charge is 1.92. The molecule has 10 heavy (non-hydrogen) atoms. The molecule has 0 fully saturated rings. The fourth-order valence-electron chi connectivity index (χ4n) is 0.491. The van der Waals surface area contributed by atoms with Crippen molar-refractivity contribution in [3.63, 3.8) is 0 Å². The molecule has 0 radical (unpaired) electrons. The zero-order valence-electron chi connectivity index (χ0n) is 6.29. The molecule has 1 atom stereocenters. The standard InChI is InChI=1S/C7H13NO2/c1-6(8-2)4-3-5-7(9)10/h3,5-6,8H,4H2,1-2H3,(H,9,10)/b5-3+. The van der Waals surface area contributed by atoms with Crippen LogP contribution in [0.5, 0.6) is 0 Å². The van der Waals surface area contributed by atoms with Gasteiger partial charge < -0.3 is 10.4 Å². The monoisotopic (exact) mass is 143 g/mol. The van der Waals surface area contributed by atoms with Crippen molar-refractivity contribution in [2.75, 3.05) is 7.05 Å². The molecule has 0 aromatic carbocycles. The van der Waals surface area contributed by atoms with E-state index in [1.807, 2.05) is 14.0 Å². The van der Waals surface area contributed by atoms with Gasteiger partial charge in [-0.2, -0.15) is 0 Å². The van der Waals surface area contributed by atoms with Crippen molar-refractivity contribution in [3.05, 3.63) is 12.2 Å². The number of rotatable bonds is 4. The average molecular weight is 143 g/mol. The Balaban J connectivity index is 3.43. The van der Waals surface area contributed by atoms with Crippen molar-refractivity contribution in [2.24, 2.45) is 0 Å². The van der Waals surface area contributed by atoms with E-state index in [-0.39, 0.29) is 0 Å². The molecule has 0 rings (SSSR count). The number of carboxylic acids is 1. The Labute approximate surface area is 60.7 Å². The number of nitrogens with one attached hydrogen (secondary N) is 1. The summed E-state index contributed by atoms with van der Waals surface area (Å²) in [6, 6.07) is 0.343. The number of hydrogen-bond acceptors (Lipinski definition) is 2. The third-order valence-electron chi connectivity index (χ3n) is 1.24. The van der Waals surface area contributed by atoms with Gasteiger partial charge in [-0.05, 0) is 20.4 Å². The van der Waals surface area contributed by atoms with Crippen LogP contribution in [0.2, 0.25) is 0 Å². The molecule has 0 spiro atoms. The second-order valence-electron chi connectivity index (χ2n) is 2.17. The number of aliphatic carboxylic acids is 1. The molecular formula is C7H13NO2. The van der Waals surface area contributed by atoms with Gasteiger partial charge in [0.2, 0.25) is 0 Å². The van der Waals surface area contributed by atoms with E-state index in [4.69, 9.17) is 5.11 Å². The van der Waals surface area contributed by atoms with Crippen molar-refractivity contribution in [1.29, 1.82) is 0 Å². The minimum absolute atomic E-state index is 0.343.